The van der Waals surface area contributed by atoms with Crippen molar-refractivity contribution in [3.8, 4) is 17.2 Å². The first-order valence-corrected chi connectivity index (χ1v) is 11.2. The summed E-state index contributed by atoms with van der Waals surface area (Å²) in [7, 11) is 5.01. The first kappa shape index (κ1) is 22.3. The highest BCUT2D eigenvalue weighted by Gasteiger charge is 2.24. The standard InChI is InChI=1S/C25H33N3O4/c1-30-22-6-4-21(5-7-22)27-12-14-28(15-13-27)25(29)9-11-26-10-8-19-16-23(31-2)24(32-3)17-20(19)18-26/h4-7,16-17H,8-15,18H2,1-3H3. The summed E-state index contributed by atoms with van der Waals surface area (Å²) in [5, 5.41) is 0. The zero-order chi connectivity index (χ0) is 22.5. The monoisotopic (exact) mass is 439 g/mol. The van der Waals surface area contributed by atoms with Crippen molar-refractivity contribution in [2.24, 2.45) is 0 Å². The van der Waals surface area contributed by atoms with Gasteiger partial charge in [-0.25, -0.2) is 0 Å². The van der Waals surface area contributed by atoms with Gasteiger partial charge in [-0.15, -0.1) is 0 Å². The SMILES string of the molecule is COc1ccc(N2CCN(C(=O)CCN3CCc4cc(OC)c(OC)cc4C3)CC2)cc1. The van der Waals surface area contributed by atoms with Gasteiger partial charge in [0.25, 0.3) is 0 Å². The summed E-state index contributed by atoms with van der Waals surface area (Å²) in [6.07, 6.45) is 1.52. The van der Waals surface area contributed by atoms with Crippen LogP contribution in [0.25, 0.3) is 0 Å². The normalized spacial score (nSPS) is 16.5. The molecule has 0 saturated carbocycles. The molecule has 2 aromatic carbocycles. The van der Waals surface area contributed by atoms with Crippen LogP contribution in [-0.2, 0) is 17.8 Å². The molecule has 172 valence electrons. The third-order valence-electron chi connectivity index (χ3n) is 6.51. The molecule has 1 amide bonds. The Hall–Kier alpha value is -2.93. The van der Waals surface area contributed by atoms with Crippen LogP contribution >= 0.6 is 0 Å². The second-order valence-corrected chi connectivity index (χ2v) is 8.32. The van der Waals surface area contributed by atoms with Crippen LogP contribution < -0.4 is 19.1 Å². The predicted molar refractivity (Wildman–Crippen MR) is 125 cm³/mol. The molecule has 2 aromatic rings. The van der Waals surface area contributed by atoms with Crippen molar-refractivity contribution in [1.82, 2.24) is 9.80 Å². The summed E-state index contributed by atoms with van der Waals surface area (Å²) >= 11 is 0. The fourth-order valence-electron chi connectivity index (χ4n) is 4.55. The summed E-state index contributed by atoms with van der Waals surface area (Å²) in [5.74, 6) is 2.65. The van der Waals surface area contributed by atoms with Crippen LogP contribution in [0, 0.1) is 0 Å². The molecule has 1 fully saturated rings. The van der Waals surface area contributed by atoms with Crippen molar-refractivity contribution in [2.75, 3.05) is 65.5 Å². The number of benzene rings is 2. The molecule has 4 rings (SSSR count). The highest BCUT2D eigenvalue weighted by Crippen LogP contribution is 2.33. The molecule has 7 heteroatoms. The topological polar surface area (TPSA) is 54.5 Å². The Morgan fingerprint density at radius 3 is 2.12 bits per heavy atom. The minimum Gasteiger partial charge on any atom is -0.497 e. The molecule has 0 aromatic heterocycles. The van der Waals surface area contributed by atoms with Gasteiger partial charge in [-0.2, -0.15) is 0 Å². The zero-order valence-electron chi connectivity index (χ0n) is 19.3. The van der Waals surface area contributed by atoms with E-state index in [1.165, 1.54) is 16.8 Å². The number of ether oxygens (including phenoxy) is 3. The number of fused-ring (bicyclic) bond motifs is 1. The number of carbonyl (C=O) groups is 1. The Kier molecular flexibility index (Phi) is 7.05. The van der Waals surface area contributed by atoms with Gasteiger partial charge in [-0.1, -0.05) is 0 Å². The zero-order valence-corrected chi connectivity index (χ0v) is 19.3. The van der Waals surface area contributed by atoms with Gasteiger partial charge in [-0.3, -0.25) is 9.69 Å². The minimum absolute atomic E-state index is 0.248. The summed E-state index contributed by atoms with van der Waals surface area (Å²) in [5.41, 5.74) is 3.74. The number of hydrogen-bond donors (Lipinski definition) is 0. The molecule has 0 radical (unpaired) electrons. The average molecular weight is 440 g/mol. The van der Waals surface area contributed by atoms with Gasteiger partial charge >= 0.3 is 0 Å². The van der Waals surface area contributed by atoms with Crippen molar-refractivity contribution in [1.29, 1.82) is 0 Å². The lowest BCUT2D eigenvalue weighted by Gasteiger charge is -2.36. The Bertz CT molecular complexity index is 924. The van der Waals surface area contributed by atoms with Gasteiger partial charge in [0.05, 0.1) is 21.3 Å². The largest absolute Gasteiger partial charge is 0.497 e. The van der Waals surface area contributed by atoms with Gasteiger partial charge in [0.15, 0.2) is 11.5 Å². The first-order valence-electron chi connectivity index (χ1n) is 11.2. The predicted octanol–water partition coefficient (Wildman–Crippen LogP) is 2.81. The summed E-state index contributed by atoms with van der Waals surface area (Å²) in [4.78, 5) is 19.5. The van der Waals surface area contributed by atoms with Crippen molar-refractivity contribution in [3.05, 3.63) is 47.5 Å². The Morgan fingerprint density at radius 1 is 0.844 bits per heavy atom. The average Bonchev–Trinajstić information content (AvgIpc) is 2.86. The molecule has 0 bridgehead atoms. The fraction of sp³-hybridized carbons (Fsp3) is 0.480. The number of rotatable bonds is 7. The molecule has 0 unspecified atom stereocenters. The Balaban J connectivity index is 1.26. The lowest BCUT2D eigenvalue weighted by atomic mass is 9.98. The molecule has 0 aliphatic carbocycles. The van der Waals surface area contributed by atoms with Crippen molar-refractivity contribution >= 4 is 11.6 Å². The van der Waals surface area contributed by atoms with E-state index in [1.807, 2.05) is 17.0 Å². The fourth-order valence-corrected chi connectivity index (χ4v) is 4.55. The third kappa shape index (κ3) is 4.93. The van der Waals surface area contributed by atoms with E-state index in [9.17, 15) is 4.79 Å². The quantitative estimate of drug-likeness (QED) is 0.661. The van der Waals surface area contributed by atoms with Crippen molar-refractivity contribution < 1.29 is 19.0 Å². The molecular weight excluding hydrogens is 406 g/mol. The second kappa shape index (κ2) is 10.1. The van der Waals surface area contributed by atoms with E-state index in [4.69, 9.17) is 14.2 Å². The summed E-state index contributed by atoms with van der Waals surface area (Å²) < 4.78 is 16.1. The van der Waals surface area contributed by atoms with E-state index in [2.05, 4.69) is 34.1 Å². The van der Waals surface area contributed by atoms with Crippen LogP contribution in [0.4, 0.5) is 5.69 Å². The molecule has 32 heavy (non-hydrogen) atoms. The van der Waals surface area contributed by atoms with Crippen LogP contribution in [-0.4, -0.2) is 76.3 Å². The summed E-state index contributed by atoms with van der Waals surface area (Å²) in [6, 6.07) is 12.3. The molecule has 0 N–H and O–H groups in total. The van der Waals surface area contributed by atoms with E-state index in [0.29, 0.717) is 6.42 Å². The number of anilines is 1. The smallest absolute Gasteiger partial charge is 0.223 e. The van der Waals surface area contributed by atoms with Gasteiger partial charge in [0, 0.05) is 57.9 Å². The van der Waals surface area contributed by atoms with E-state index < -0.39 is 0 Å². The third-order valence-corrected chi connectivity index (χ3v) is 6.51. The van der Waals surface area contributed by atoms with Gasteiger partial charge in [-0.05, 0) is 53.9 Å². The molecule has 0 spiro atoms. The van der Waals surface area contributed by atoms with E-state index in [-0.39, 0.29) is 5.91 Å². The highest BCUT2D eigenvalue weighted by molar-refractivity contribution is 5.76. The lowest BCUT2D eigenvalue weighted by Crippen LogP contribution is -2.49. The molecule has 0 atom stereocenters. The van der Waals surface area contributed by atoms with Gasteiger partial charge in [0.1, 0.15) is 5.75 Å². The maximum atomic E-state index is 12.8. The Labute approximate surface area is 190 Å². The number of methoxy groups -OCH3 is 3. The number of carbonyl (C=O) groups excluding carboxylic acids is 1. The minimum atomic E-state index is 0.248. The highest BCUT2D eigenvalue weighted by atomic mass is 16.5. The summed E-state index contributed by atoms with van der Waals surface area (Å²) in [6.45, 7) is 5.84. The first-order chi connectivity index (χ1) is 15.6. The van der Waals surface area contributed by atoms with Crippen LogP contribution in [0.15, 0.2) is 36.4 Å². The van der Waals surface area contributed by atoms with Gasteiger partial charge < -0.3 is 24.0 Å². The molecular formula is C25H33N3O4. The van der Waals surface area contributed by atoms with E-state index in [0.717, 1.165) is 69.5 Å². The molecule has 7 nitrogen and oxygen atoms in total. The van der Waals surface area contributed by atoms with Gasteiger partial charge in [0.2, 0.25) is 5.91 Å². The van der Waals surface area contributed by atoms with E-state index >= 15 is 0 Å². The number of nitrogens with zero attached hydrogens (tertiary/aromatic N) is 3. The number of hydrogen-bond acceptors (Lipinski definition) is 6. The molecule has 1 saturated heterocycles. The van der Waals surface area contributed by atoms with Crippen LogP contribution in [0.1, 0.15) is 17.5 Å². The molecule has 2 aliphatic rings. The number of amides is 1. The maximum Gasteiger partial charge on any atom is 0.223 e. The second-order valence-electron chi connectivity index (χ2n) is 8.32. The number of piperazine rings is 1. The maximum absolute atomic E-state index is 12.8. The van der Waals surface area contributed by atoms with Crippen molar-refractivity contribution in [2.45, 2.75) is 19.4 Å². The molecule has 2 heterocycles. The Morgan fingerprint density at radius 2 is 1.50 bits per heavy atom. The van der Waals surface area contributed by atoms with E-state index in [1.54, 1.807) is 21.3 Å². The van der Waals surface area contributed by atoms with Crippen LogP contribution in [0.3, 0.4) is 0 Å². The molecule has 2 aliphatic heterocycles. The van der Waals surface area contributed by atoms with Crippen LogP contribution in [0.5, 0.6) is 17.2 Å². The lowest BCUT2D eigenvalue weighted by molar-refractivity contribution is -0.131. The van der Waals surface area contributed by atoms with Crippen molar-refractivity contribution in [3.63, 3.8) is 0 Å². The van der Waals surface area contributed by atoms with Crippen LogP contribution in [0.2, 0.25) is 0 Å².